The second-order valence-electron chi connectivity index (χ2n) is 8.97. The van der Waals surface area contributed by atoms with Crippen LogP contribution in [0.5, 0.6) is 0 Å². The SMILES string of the molecule is CC1=CC(C(C)(C)OC(=O)c2ccc(-[s+]3c4ccccc4c4ccccc43)cc2)CC1. The van der Waals surface area contributed by atoms with Crippen molar-refractivity contribution >= 4 is 36.6 Å². The van der Waals surface area contributed by atoms with Crippen molar-refractivity contribution in [3.63, 3.8) is 0 Å². The lowest BCUT2D eigenvalue weighted by Crippen LogP contribution is -2.35. The van der Waals surface area contributed by atoms with Crippen molar-refractivity contribution in [1.29, 1.82) is 0 Å². The second kappa shape index (κ2) is 7.65. The molecule has 0 N–H and O–H groups in total. The van der Waals surface area contributed by atoms with Gasteiger partial charge < -0.3 is 4.74 Å². The maximum atomic E-state index is 12.9. The average molecular weight is 428 g/mol. The quantitative estimate of drug-likeness (QED) is 0.187. The van der Waals surface area contributed by atoms with Crippen LogP contribution in [0.2, 0.25) is 0 Å². The number of allylic oxidation sites excluding steroid dienone is 1. The standard InChI is InChI=1S/C28H27O2S/c1-19-12-15-21(18-19)28(2,3)30-27(29)20-13-16-22(17-14-20)31-25-10-6-4-8-23(25)24-9-5-7-11-26(24)31/h4-11,13-14,16-18,21H,12,15H2,1-3H3/q+1. The molecule has 0 radical (unpaired) electrons. The highest BCUT2D eigenvalue weighted by Gasteiger charge is 2.34. The van der Waals surface area contributed by atoms with Gasteiger partial charge in [-0.1, -0.05) is 35.9 Å². The summed E-state index contributed by atoms with van der Waals surface area (Å²) in [6, 6.07) is 25.3. The third-order valence-electron chi connectivity index (χ3n) is 6.41. The molecule has 156 valence electrons. The van der Waals surface area contributed by atoms with E-state index in [4.69, 9.17) is 4.74 Å². The van der Waals surface area contributed by atoms with Crippen molar-refractivity contribution in [3.8, 4) is 4.90 Å². The number of benzene rings is 3. The van der Waals surface area contributed by atoms with Gasteiger partial charge in [-0.05, 0) is 82.1 Å². The topological polar surface area (TPSA) is 26.3 Å². The molecule has 1 atom stereocenters. The van der Waals surface area contributed by atoms with Crippen LogP contribution in [0.3, 0.4) is 0 Å². The van der Waals surface area contributed by atoms with Crippen LogP contribution in [0.1, 0.15) is 44.0 Å². The van der Waals surface area contributed by atoms with E-state index < -0.39 is 5.60 Å². The molecule has 3 heteroatoms. The average Bonchev–Trinajstić information content (AvgIpc) is 3.36. The summed E-state index contributed by atoms with van der Waals surface area (Å²) in [5, 5.41) is 2.62. The normalized spacial score (nSPS) is 16.6. The van der Waals surface area contributed by atoms with Crippen LogP contribution in [0.4, 0.5) is 0 Å². The smallest absolute Gasteiger partial charge is 0.338 e. The molecule has 1 aliphatic carbocycles. The monoisotopic (exact) mass is 427 g/mol. The number of carbonyl (C=O) groups excluding carboxylic acids is 1. The molecule has 1 aliphatic rings. The predicted molar refractivity (Wildman–Crippen MR) is 131 cm³/mol. The Bertz CT molecular complexity index is 1250. The van der Waals surface area contributed by atoms with Crippen molar-refractivity contribution in [2.75, 3.05) is 0 Å². The van der Waals surface area contributed by atoms with Crippen LogP contribution < -0.4 is 0 Å². The highest BCUT2D eigenvalue weighted by atomic mass is 32.2. The summed E-state index contributed by atoms with van der Waals surface area (Å²) in [5.41, 5.74) is 1.50. The zero-order chi connectivity index (χ0) is 21.6. The van der Waals surface area contributed by atoms with Gasteiger partial charge in [-0.2, -0.15) is 0 Å². The van der Waals surface area contributed by atoms with Crippen LogP contribution in [0.15, 0.2) is 84.4 Å². The summed E-state index contributed by atoms with van der Waals surface area (Å²) in [4.78, 5) is 14.1. The second-order valence-corrected chi connectivity index (χ2v) is 10.9. The molecule has 0 bridgehead atoms. The molecule has 0 amide bonds. The minimum absolute atomic E-state index is 0.147. The van der Waals surface area contributed by atoms with Gasteiger partial charge in [0.2, 0.25) is 0 Å². The first-order chi connectivity index (χ1) is 14.9. The summed E-state index contributed by atoms with van der Waals surface area (Å²) in [7, 11) is -0.147. The molecular weight excluding hydrogens is 400 g/mol. The van der Waals surface area contributed by atoms with Crippen molar-refractivity contribution in [3.05, 3.63) is 90.0 Å². The van der Waals surface area contributed by atoms with Gasteiger partial charge in [0.1, 0.15) is 5.60 Å². The molecule has 0 saturated heterocycles. The Morgan fingerprint density at radius 1 is 0.903 bits per heavy atom. The predicted octanol–water partition coefficient (Wildman–Crippen LogP) is 8.02. The third kappa shape index (κ3) is 3.57. The van der Waals surface area contributed by atoms with E-state index >= 15 is 0 Å². The van der Waals surface area contributed by atoms with E-state index in [1.54, 1.807) is 0 Å². The number of esters is 1. The van der Waals surface area contributed by atoms with Crippen LogP contribution in [0.25, 0.3) is 25.1 Å². The van der Waals surface area contributed by atoms with Crippen molar-refractivity contribution < 1.29 is 9.53 Å². The number of ether oxygens (including phenoxy) is 1. The number of fused-ring (bicyclic) bond motifs is 3. The third-order valence-corrected chi connectivity index (χ3v) is 8.75. The molecular formula is C28H27O2S+. The number of hydrogen-bond donors (Lipinski definition) is 0. The van der Waals surface area contributed by atoms with Gasteiger partial charge in [0.15, 0.2) is 14.3 Å². The van der Waals surface area contributed by atoms with E-state index in [0.717, 1.165) is 12.8 Å². The Hall–Kier alpha value is -2.91. The lowest BCUT2D eigenvalue weighted by atomic mass is 9.90. The minimum atomic E-state index is -0.501. The highest BCUT2D eigenvalue weighted by molar-refractivity contribution is 7.50. The number of thiophene rings is 1. The molecule has 1 unspecified atom stereocenters. The van der Waals surface area contributed by atoms with E-state index in [1.807, 2.05) is 26.0 Å². The van der Waals surface area contributed by atoms with Crippen LogP contribution in [0, 0.1) is 5.92 Å². The zero-order valence-electron chi connectivity index (χ0n) is 18.2. The first-order valence-electron chi connectivity index (χ1n) is 10.9. The van der Waals surface area contributed by atoms with E-state index in [9.17, 15) is 4.79 Å². The van der Waals surface area contributed by atoms with Crippen molar-refractivity contribution in [1.82, 2.24) is 0 Å². The van der Waals surface area contributed by atoms with E-state index in [-0.39, 0.29) is 22.4 Å². The van der Waals surface area contributed by atoms with Crippen LogP contribution in [-0.2, 0) is 4.74 Å². The Balaban J connectivity index is 1.46. The van der Waals surface area contributed by atoms with Crippen molar-refractivity contribution in [2.24, 2.45) is 5.92 Å². The fourth-order valence-corrected chi connectivity index (χ4v) is 7.03. The molecule has 0 spiro atoms. The maximum Gasteiger partial charge on any atom is 0.338 e. The zero-order valence-corrected chi connectivity index (χ0v) is 19.0. The molecule has 4 aromatic rings. The van der Waals surface area contributed by atoms with E-state index in [1.165, 1.54) is 30.6 Å². The van der Waals surface area contributed by atoms with Crippen LogP contribution in [-0.4, -0.2) is 11.6 Å². The van der Waals surface area contributed by atoms with Crippen LogP contribution >= 0.6 is 10.5 Å². The first-order valence-corrected chi connectivity index (χ1v) is 12.1. The number of hydrogen-bond acceptors (Lipinski definition) is 2. The Morgan fingerprint density at radius 3 is 2.03 bits per heavy atom. The first kappa shape index (κ1) is 20.0. The molecule has 1 aromatic heterocycles. The van der Waals surface area contributed by atoms with Gasteiger partial charge in [0.05, 0.1) is 5.56 Å². The lowest BCUT2D eigenvalue weighted by Gasteiger charge is -2.30. The van der Waals surface area contributed by atoms with Gasteiger partial charge in [0, 0.05) is 27.2 Å². The molecule has 31 heavy (non-hydrogen) atoms. The number of rotatable bonds is 4. The van der Waals surface area contributed by atoms with Gasteiger partial charge in [-0.3, -0.25) is 0 Å². The molecule has 0 saturated carbocycles. The summed E-state index contributed by atoms with van der Waals surface area (Å²) >= 11 is 0. The van der Waals surface area contributed by atoms with E-state index in [2.05, 4.69) is 73.7 Å². The summed E-state index contributed by atoms with van der Waals surface area (Å²) in [5.74, 6) is 0.0359. The Labute approximate surface area is 186 Å². The van der Waals surface area contributed by atoms with Gasteiger partial charge in [-0.15, -0.1) is 0 Å². The fraction of sp³-hybridized carbons (Fsp3) is 0.250. The Morgan fingerprint density at radius 2 is 1.48 bits per heavy atom. The molecule has 5 rings (SSSR count). The molecule has 2 nitrogen and oxygen atoms in total. The lowest BCUT2D eigenvalue weighted by molar-refractivity contribution is -0.0199. The van der Waals surface area contributed by atoms with Gasteiger partial charge in [-0.25, -0.2) is 4.79 Å². The summed E-state index contributed by atoms with van der Waals surface area (Å²) < 4.78 is 8.65. The summed E-state index contributed by atoms with van der Waals surface area (Å²) in [6.07, 6.45) is 4.39. The largest absolute Gasteiger partial charge is 0.455 e. The van der Waals surface area contributed by atoms with Gasteiger partial charge >= 0.3 is 5.97 Å². The van der Waals surface area contributed by atoms with E-state index in [0.29, 0.717) is 5.56 Å². The van der Waals surface area contributed by atoms with Gasteiger partial charge in [0.25, 0.3) is 0 Å². The fourth-order valence-electron chi connectivity index (χ4n) is 4.65. The molecule has 3 aromatic carbocycles. The Kier molecular flexibility index (Phi) is 4.94. The molecule has 1 heterocycles. The minimum Gasteiger partial charge on any atom is -0.455 e. The number of carbonyl (C=O) groups is 1. The van der Waals surface area contributed by atoms with Crippen molar-refractivity contribution in [2.45, 2.75) is 39.2 Å². The summed E-state index contributed by atoms with van der Waals surface area (Å²) in [6.45, 7) is 6.19. The molecule has 0 aliphatic heterocycles. The highest BCUT2D eigenvalue weighted by Crippen LogP contribution is 2.48. The maximum absolute atomic E-state index is 12.9. The molecule has 0 fully saturated rings.